The van der Waals surface area contributed by atoms with Crippen LogP contribution in [-0.4, -0.2) is 19.0 Å². The van der Waals surface area contributed by atoms with Crippen LogP contribution in [0.4, 0.5) is 0 Å². The highest BCUT2D eigenvalue weighted by atomic mass is 31.2. The predicted octanol–water partition coefficient (Wildman–Crippen LogP) is 2.37. The van der Waals surface area contributed by atoms with E-state index in [1.54, 1.807) is 13.8 Å². The molecule has 16 heavy (non-hydrogen) atoms. The Bertz CT molecular complexity index is 399. The minimum absolute atomic E-state index is 0.0707. The first kappa shape index (κ1) is 13.2. The number of ketones is 1. The maximum absolute atomic E-state index is 12.2. The number of rotatable bonds is 6. The predicted molar refractivity (Wildman–Crippen MR) is 59.2 cm³/mol. The summed E-state index contributed by atoms with van der Waals surface area (Å²) in [5.41, 5.74) is 0.0707. The minimum Gasteiger partial charge on any atom is -0.445 e. The summed E-state index contributed by atoms with van der Waals surface area (Å²) in [6, 6.07) is 2.91. The molecule has 0 N–H and O–H groups in total. The summed E-state index contributed by atoms with van der Waals surface area (Å²) in [7, 11) is -3.41. The maximum atomic E-state index is 12.2. The highest BCUT2D eigenvalue weighted by Crippen LogP contribution is 2.47. The lowest BCUT2D eigenvalue weighted by Crippen LogP contribution is -2.08. The summed E-state index contributed by atoms with van der Waals surface area (Å²) in [5.74, 6) is -0.0829. The first-order valence-corrected chi connectivity index (χ1v) is 6.58. The molecule has 0 saturated carbocycles. The van der Waals surface area contributed by atoms with E-state index in [-0.39, 0.29) is 30.3 Å². The molecule has 1 aromatic rings. The summed E-state index contributed by atoms with van der Waals surface area (Å²) in [6.07, 6.45) is 0. The molecular formula is C10H15O5P. The van der Waals surface area contributed by atoms with Crippen molar-refractivity contribution < 1.29 is 22.8 Å². The number of hydrogen-bond acceptors (Lipinski definition) is 5. The number of carbonyl (C=O) groups excluding carboxylic acids is 1. The largest absolute Gasteiger partial charge is 0.445 e. The molecule has 1 aromatic heterocycles. The van der Waals surface area contributed by atoms with Gasteiger partial charge in [-0.25, -0.2) is 0 Å². The third-order valence-electron chi connectivity index (χ3n) is 1.81. The maximum Gasteiger partial charge on any atom is 0.396 e. The highest BCUT2D eigenvalue weighted by Gasteiger charge is 2.31. The molecule has 6 heteroatoms. The number of furan rings is 1. The molecule has 0 amide bonds. The van der Waals surface area contributed by atoms with E-state index < -0.39 is 7.60 Å². The zero-order valence-electron chi connectivity index (χ0n) is 9.56. The molecule has 1 rings (SSSR count). The number of carbonyl (C=O) groups is 1. The van der Waals surface area contributed by atoms with Crippen molar-refractivity contribution in [3.05, 3.63) is 17.9 Å². The summed E-state index contributed by atoms with van der Waals surface area (Å²) in [4.78, 5) is 11.0. The molecule has 0 unspecified atom stereocenters. The molecule has 0 aromatic carbocycles. The van der Waals surface area contributed by atoms with Gasteiger partial charge in [0.1, 0.15) is 0 Å². The SMILES string of the molecule is CCOP(=O)(OCC)c1ccc(C(C)=O)o1. The fourth-order valence-corrected chi connectivity index (χ4v) is 2.64. The minimum atomic E-state index is -3.41. The fourth-order valence-electron chi connectivity index (χ4n) is 1.17. The van der Waals surface area contributed by atoms with Crippen LogP contribution in [-0.2, 0) is 13.6 Å². The first-order valence-electron chi connectivity index (χ1n) is 5.04. The molecule has 0 bridgehead atoms. The smallest absolute Gasteiger partial charge is 0.396 e. The Morgan fingerprint density at radius 3 is 2.25 bits per heavy atom. The molecule has 0 fully saturated rings. The average molecular weight is 246 g/mol. The molecule has 0 saturated heterocycles. The van der Waals surface area contributed by atoms with Crippen LogP contribution < -0.4 is 5.50 Å². The Morgan fingerprint density at radius 2 is 1.88 bits per heavy atom. The van der Waals surface area contributed by atoms with E-state index in [1.807, 2.05) is 0 Å². The van der Waals surface area contributed by atoms with Gasteiger partial charge in [0.2, 0.25) is 5.50 Å². The van der Waals surface area contributed by atoms with Crippen molar-refractivity contribution in [2.75, 3.05) is 13.2 Å². The van der Waals surface area contributed by atoms with Gasteiger partial charge in [-0.1, -0.05) is 0 Å². The summed E-state index contributed by atoms with van der Waals surface area (Å²) >= 11 is 0. The summed E-state index contributed by atoms with van der Waals surface area (Å²) in [5, 5.41) is 0. The van der Waals surface area contributed by atoms with Crippen molar-refractivity contribution in [3.63, 3.8) is 0 Å². The lowest BCUT2D eigenvalue weighted by molar-refractivity contribution is 0.0988. The van der Waals surface area contributed by atoms with E-state index in [0.717, 1.165) is 0 Å². The lowest BCUT2D eigenvalue weighted by Gasteiger charge is -2.13. The number of hydrogen-bond donors (Lipinski definition) is 0. The highest BCUT2D eigenvalue weighted by molar-refractivity contribution is 7.61. The van der Waals surface area contributed by atoms with E-state index in [1.165, 1.54) is 19.1 Å². The van der Waals surface area contributed by atoms with Crippen molar-refractivity contribution in [2.45, 2.75) is 20.8 Å². The fraction of sp³-hybridized carbons (Fsp3) is 0.500. The van der Waals surface area contributed by atoms with Gasteiger partial charge >= 0.3 is 7.60 Å². The molecule has 0 radical (unpaired) electrons. The average Bonchev–Trinajstić information content (AvgIpc) is 2.67. The summed E-state index contributed by atoms with van der Waals surface area (Å²) < 4.78 is 27.5. The van der Waals surface area contributed by atoms with Crippen LogP contribution in [0.5, 0.6) is 0 Å². The van der Waals surface area contributed by atoms with Crippen LogP contribution in [0.2, 0.25) is 0 Å². The van der Waals surface area contributed by atoms with Crippen LogP contribution in [0.15, 0.2) is 16.5 Å². The summed E-state index contributed by atoms with van der Waals surface area (Å²) in [6.45, 7) is 5.27. The van der Waals surface area contributed by atoms with Crippen LogP contribution in [0, 0.1) is 0 Å². The normalized spacial score (nSPS) is 11.7. The van der Waals surface area contributed by atoms with Gasteiger partial charge in [-0.05, 0) is 26.0 Å². The van der Waals surface area contributed by atoms with Gasteiger partial charge in [-0.3, -0.25) is 9.36 Å². The van der Waals surface area contributed by atoms with Gasteiger partial charge in [-0.2, -0.15) is 0 Å². The number of Topliss-reactive ketones (excluding diaryl/α,β-unsaturated/α-hetero) is 1. The van der Waals surface area contributed by atoms with Crippen LogP contribution >= 0.6 is 7.60 Å². The lowest BCUT2D eigenvalue weighted by atomic mass is 10.3. The molecule has 1 heterocycles. The molecule has 0 aliphatic heterocycles. The third kappa shape index (κ3) is 2.82. The van der Waals surface area contributed by atoms with Gasteiger partial charge in [-0.15, -0.1) is 0 Å². The zero-order valence-corrected chi connectivity index (χ0v) is 10.5. The second-order valence-corrected chi connectivity index (χ2v) is 4.98. The van der Waals surface area contributed by atoms with E-state index in [0.29, 0.717) is 0 Å². The van der Waals surface area contributed by atoms with E-state index in [2.05, 4.69) is 0 Å². The Balaban J connectivity index is 3.01. The standard InChI is InChI=1S/C10H15O5P/c1-4-13-16(12,14-5-2)10-7-6-9(15-10)8(3)11/h6-7H,4-5H2,1-3H3. The van der Waals surface area contributed by atoms with E-state index in [4.69, 9.17) is 13.5 Å². The Labute approximate surface area is 94.3 Å². The van der Waals surface area contributed by atoms with Crippen molar-refractivity contribution in [3.8, 4) is 0 Å². The Morgan fingerprint density at radius 1 is 1.31 bits per heavy atom. The molecule has 90 valence electrons. The van der Waals surface area contributed by atoms with Gasteiger partial charge in [0, 0.05) is 6.92 Å². The van der Waals surface area contributed by atoms with E-state index in [9.17, 15) is 9.36 Å². The third-order valence-corrected chi connectivity index (χ3v) is 3.78. The second kappa shape index (κ2) is 5.43. The van der Waals surface area contributed by atoms with Gasteiger partial charge < -0.3 is 13.5 Å². The topological polar surface area (TPSA) is 65.7 Å². The molecular weight excluding hydrogens is 231 g/mol. The molecule has 0 atom stereocenters. The quantitative estimate of drug-likeness (QED) is 0.569. The van der Waals surface area contributed by atoms with Gasteiger partial charge in [0.05, 0.1) is 13.2 Å². The van der Waals surface area contributed by atoms with Crippen molar-refractivity contribution in [2.24, 2.45) is 0 Å². The zero-order chi connectivity index (χ0) is 12.2. The van der Waals surface area contributed by atoms with E-state index >= 15 is 0 Å². The molecule has 0 aliphatic rings. The molecule has 0 spiro atoms. The molecule has 5 nitrogen and oxygen atoms in total. The van der Waals surface area contributed by atoms with Crippen molar-refractivity contribution >= 4 is 18.9 Å². The van der Waals surface area contributed by atoms with Crippen molar-refractivity contribution in [1.82, 2.24) is 0 Å². The first-order chi connectivity index (χ1) is 7.53. The molecule has 0 aliphatic carbocycles. The second-order valence-electron chi connectivity index (χ2n) is 3.03. The van der Waals surface area contributed by atoms with Crippen LogP contribution in [0.1, 0.15) is 31.3 Å². The van der Waals surface area contributed by atoms with Crippen LogP contribution in [0.25, 0.3) is 0 Å². The Kier molecular flexibility index (Phi) is 4.47. The van der Waals surface area contributed by atoms with Crippen LogP contribution in [0.3, 0.4) is 0 Å². The van der Waals surface area contributed by atoms with Gasteiger partial charge in [0.25, 0.3) is 0 Å². The monoisotopic (exact) mass is 246 g/mol. The Hall–Kier alpha value is -0.900. The van der Waals surface area contributed by atoms with Gasteiger partial charge in [0.15, 0.2) is 11.5 Å². The van der Waals surface area contributed by atoms with Crippen molar-refractivity contribution in [1.29, 1.82) is 0 Å².